The van der Waals surface area contributed by atoms with Crippen LogP contribution in [0.2, 0.25) is 0 Å². The molecule has 1 saturated heterocycles. The molecule has 1 aliphatic heterocycles. The van der Waals surface area contributed by atoms with E-state index in [0.29, 0.717) is 18.8 Å². The Morgan fingerprint density at radius 3 is 2.46 bits per heavy atom. The Kier molecular flexibility index (Phi) is 6.57. The number of benzene rings is 2. The van der Waals surface area contributed by atoms with Crippen molar-refractivity contribution >= 4 is 32.7 Å². The van der Waals surface area contributed by atoms with Crippen molar-refractivity contribution in [1.29, 1.82) is 0 Å². The van der Waals surface area contributed by atoms with Gasteiger partial charge in [0.25, 0.3) is 10.0 Å². The van der Waals surface area contributed by atoms with Gasteiger partial charge in [0.05, 0.1) is 4.90 Å². The highest BCUT2D eigenvalue weighted by atomic mass is 32.2. The highest BCUT2D eigenvalue weighted by molar-refractivity contribution is 7.92. The van der Waals surface area contributed by atoms with E-state index in [1.165, 1.54) is 12.1 Å². The first-order valence-corrected chi connectivity index (χ1v) is 13.2. The van der Waals surface area contributed by atoms with Crippen molar-refractivity contribution in [3.63, 3.8) is 0 Å². The third kappa shape index (κ3) is 5.45. The van der Waals surface area contributed by atoms with Crippen molar-refractivity contribution in [1.82, 2.24) is 9.47 Å². The minimum atomic E-state index is -3.85. The van der Waals surface area contributed by atoms with Gasteiger partial charge >= 0.3 is 6.09 Å². The molecule has 1 aromatic heterocycles. The number of hydrogen-bond acceptors (Lipinski definition) is 4. The number of hydrogen-bond donors (Lipinski definition) is 1. The van der Waals surface area contributed by atoms with E-state index in [-0.39, 0.29) is 22.8 Å². The normalized spacial score (nSPS) is 19.1. The SMILES string of the molecule is C[C@@H]1CN(C(=O)OC(C)(C)C)CC[C@@H]1c1cn(C)c2ccc(NS(=O)(=O)c3ccc(F)cc3)cc12. The summed E-state index contributed by atoms with van der Waals surface area (Å²) in [7, 11) is -1.89. The highest BCUT2D eigenvalue weighted by Crippen LogP contribution is 2.39. The van der Waals surface area contributed by atoms with Gasteiger partial charge in [-0.3, -0.25) is 4.72 Å². The number of nitrogens with zero attached hydrogens (tertiary/aromatic N) is 2. The lowest BCUT2D eigenvalue weighted by molar-refractivity contribution is 0.0155. The molecule has 0 unspecified atom stereocenters. The first kappa shape index (κ1) is 25.0. The number of nitrogens with one attached hydrogen (secondary N) is 1. The Labute approximate surface area is 205 Å². The number of halogens is 1. The molecule has 0 spiro atoms. The second-order valence-electron chi connectivity index (χ2n) is 10.3. The van der Waals surface area contributed by atoms with Crippen molar-refractivity contribution in [3.8, 4) is 0 Å². The lowest BCUT2D eigenvalue weighted by atomic mass is 9.81. The number of likely N-dealkylation sites (tertiary alicyclic amines) is 1. The molecule has 2 aromatic carbocycles. The summed E-state index contributed by atoms with van der Waals surface area (Å²) in [6.45, 7) is 8.89. The maximum Gasteiger partial charge on any atom is 0.410 e. The molecule has 0 bridgehead atoms. The van der Waals surface area contributed by atoms with Crippen LogP contribution >= 0.6 is 0 Å². The standard InChI is InChI=1S/C26H32FN3O4S/c1-17-15-30(25(31)34-26(2,3)4)13-12-21(17)23-16-29(5)24-11-8-19(14-22(23)24)28-35(32,33)20-9-6-18(27)7-10-20/h6-11,14,16-17,21,28H,12-13,15H2,1-5H3/t17-,21+/m1/s1. The average Bonchev–Trinajstić information content (AvgIpc) is 3.08. The number of aromatic nitrogens is 1. The number of piperidine rings is 1. The maximum atomic E-state index is 13.2. The van der Waals surface area contributed by atoms with Gasteiger partial charge in [0, 0.05) is 42.9 Å². The van der Waals surface area contributed by atoms with Crippen LogP contribution in [0.5, 0.6) is 0 Å². The van der Waals surface area contributed by atoms with Crippen molar-refractivity contribution in [3.05, 3.63) is 60.0 Å². The third-order valence-corrected chi connectivity index (χ3v) is 7.75. The smallest absolute Gasteiger partial charge is 0.410 e. The van der Waals surface area contributed by atoms with Gasteiger partial charge < -0.3 is 14.2 Å². The van der Waals surface area contributed by atoms with Gasteiger partial charge in [-0.15, -0.1) is 0 Å². The number of carbonyl (C=O) groups is 1. The molecule has 4 rings (SSSR count). The predicted molar refractivity (Wildman–Crippen MR) is 134 cm³/mol. The molecule has 1 aliphatic rings. The number of sulfonamides is 1. The topological polar surface area (TPSA) is 80.6 Å². The molecule has 2 heterocycles. The van der Waals surface area contributed by atoms with E-state index >= 15 is 0 Å². The Morgan fingerprint density at radius 2 is 1.83 bits per heavy atom. The zero-order valence-corrected chi connectivity index (χ0v) is 21.5. The summed E-state index contributed by atoms with van der Waals surface area (Å²) in [5.41, 5.74) is 2.02. The molecule has 1 N–H and O–H groups in total. The first-order valence-electron chi connectivity index (χ1n) is 11.7. The summed E-state index contributed by atoms with van der Waals surface area (Å²) < 4.78 is 49.0. The van der Waals surface area contributed by atoms with Crippen LogP contribution in [0.3, 0.4) is 0 Å². The molecular weight excluding hydrogens is 469 g/mol. The summed E-state index contributed by atoms with van der Waals surface area (Å²) in [4.78, 5) is 14.3. The van der Waals surface area contributed by atoms with Gasteiger partial charge in [0.1, 0.15) is 11.4 Å². The van der Waals surface area contributed by atoms with Gasteiger partial charge in [0.2, 0.25) is 0 Å². The fourth-order valence-electron chi connectivity index (χ4n) is 4.71. The van der Waals surface area contributed by atoms with E-state index < -0.39 is 21.4 Å². The van der Waals surface area contributed by atoms with Crippen molar-refractivity contribution in [2.24, 2.45) is 13.0 Å². The monoisotopic (exact) mass is 501 g/mol. The van der Waals surface area contributed by atoms with Crippen LogP contribution in [0, 0.1) is 11.7 Å². The number of anilines is 1. The quantitative estimate of drug-likeness (QED) is 0.513. The molecule has 188 valence electrons. The van der Waals surface area contributed by atoms with E-state index in [1.807, 2.05) is 44.5 Å². The Morgan fingerprint density at radius 1 is 1.14 bits per heavy atom. The molecule has 7 nitrogen and oxygen atoms in total. The summed E-state index contributed by atoms with van der Waals surface area (Å²) >= 11 is 0. The molecular formula is C26H32FN3O4S. The first-order chi connectivity index (χ1) is 16.3. The van der Waals surface area contributed by atoms with Crippen LogP contribution in [0.4, 0.5) is 14.9 Å². The Balaban J connectivity index is 1.58. The lowest BCUT2D eigenvalue weighted by Crippen LogP contribution is -2.44. The van der Waals surface area contributed by atoms with E-state index in [9.17, 15) is 17.6 Å². The Hall–Kier alpha value is -3.07. The number of carbonyl (C=O) groups excluding carboxylic acids is 1. The Bertz CT molecular complexity index is 1340. The molecule has 0 aliphatic carbocycles. The zero-order chi connectivity index (χ0) is 25.5. The van der Waals surface area contributed by atoms with Gasteiger partial charge in [-0.25, -0.2) is 17.6 Å². The second kappa shape index (κ2) is 9.18. The van der Waals surface area contributed by atoms with Crippen LogP contribution < -0.4 is 4.72 Å². The van der Waals surface area contributed by atoms with Crippen molar-refractivity contribution in [2.45, 2.75) is 50.5 Å². The minimum absolute atomic E-state index is 0.00424. The van der Waals surface area contributed by atoms with Crippen LogP contribution in [-0.4, -0.2) is 42.7 Å². The van der Waals surface area contributed by atoms with Gasteiger partial charge in [-0.2, -0.15) is 0 Å². The van der Waals surface area contributed by atoms with Crippen LogP contribution in [0.25, 0.3) is 10.9 Å². The zero-order valence-electron chi connectivity index (χ0n) is 20.7. The largest absolute Gasteiger partial charge is 0.444 e. The molecule has 0 saturated carbocycles. The number of ether oxygens (including phenoxy) is 1. The van der Waals surface area contributed by atoms with Gasteiger partial charge in [-0.1, -0.05) is 6.92 Å². The average molecular weight is 502 g/mol. The number of fused-ring (bicyclic) bond motifs is 1. The summed E-state index contributed by atoms with van der Waals surface area (Å²) in [5.74, 6) is -0.0890. The van der Waals surface area contributed by atoms with Crippen LogP contribution in [-0.2, 0) is 21.8 Å². The lowest BCUT2D eigenvalue weighted by Gasteiger charge is -2.37. The summed E-state index contributed by atoms with van der Waals surface area (Å²) in [6.07, 6.45) is 2.58. The van der Waals surface area contributed by atoms with Crippen molar-refractivity contribution in [2.75, 3.05) is 17.8 Å². The number of rotatable bonds is 4. The maximum absolute atomic E-state index is 13.2. The number of aryl methyl sites for hydroxylation is 1. The van der Waals surface area contributed by atoms with E-state index in [2.05, 4.69) is 17.8 Å². The number of amides is 1. The third-order valence-electron chi connectivity index (χ3n) is 6.35. The molecule has 9 heteroatoms. The molecule has 0 radical (unpaired) electrons. The molecule has 2 atom stereocenters. The molecule has 35 heavy (non-hydrogen) atoms. The highest BCUT2D eigenvalue weighted by Gasteiger charge is 2.33. The van der Waals surface area contributed by atoms with Crippen LogP contribution in [0.1, 0.15) is 45.6 Å². The van der Waals surface area contributed by atoms with E-state index in [0.717, 1.165) is 35.0 Å². The second-order valence-corrected chi connectivity index (χ2v) is 12.0. The molecule has 3 aromatic rings. The van der Waals surface area contributed by atoms with Gasteiger partial charge in [0.15, 0.2) is 0 Å². The van der Waals surface area contributed by atoms with Crippen LogP contribution in [0.15, 0.2) is 53.6 Å². The molecule has 1 amide bonds. The summed E-state index contributed by atoms with van der Waals surface area (Å²) in [5, 5.41) is 0.967. The van der Waals surface area contributed by atoms with Gasteiger partial charge in [-0.05, 0) is 87.1 Å². The van der Waals surface area contributed by atoms with E-state index in [1.54, 1.807) is 11.0 Å². The predicted octanol–water partition coefficient (Wildman–Crippen LogP) is 5.48. The fraction of sp³-hybridized carbons (Fsp3) is 0.423. The summed E-state index contributed by atoms with van der Waals surface area (Å²) in [6, 6.07) is 10.2. The minimum Gasteiger partial charge on any atom is -0.444 e. The van der Waals surface area contributed by atoms with E-state index in [4.69, 9.17) is 4.74 Å². The molecule has 1 fully saturated rings. The fourth-order valence-corrected chi connectivity index (χ4v) is 5.76. The van der Waals surface area contributed by atoms with Crippen molar-refractivity contribution < 1.29 is 22.3 Å².